The Bertz CT molecular complexity index is 364. The Labute approximate surface area is 111 Å². The molecule has 2 atom stereocenters. The minimum absolute atomic E-state index is 0.548. The monoisotopic (exact) mass is 297 g/mol. The van der Waals surface area contributed by atoms with E-state index in [1.807, 2.05) is 0 Å². The highest BCUT2D eigenvalue weighted by Gasteiger charge is 2.40. The van der Waals surface area contributed by atoms with Gasteiger partial charge in [0.2, 0.25) is 0 Å². The van der Waals surface area contributed by atoms with Crippen LogP contribution in [0.25, 0.3) is 0 Å². The first-order valence-corrected chi connectivity index (χ1v) is 7.37. The van der Waals surface area contributed by atoms with Crippen LogP contribution in [0.15, 0.2) is 22.3 Å². The van der Waals surface area contributed by atoms with Gasteiger partial charge < -0.3 is 10.6 Å². The van der Waals surface area contributed by atoms with Crippen molar-refractivity contribution in [1.29, 1.82) is 0 Å². The normalized spacial score (nSPS) is 32.9. The van der Waals surface area contributed by atoms with E-state index in [0.717, 1.165) is 19.5 Å². The quantitative estimate of drug-likeness (QED) is 0.841. The molecule has 0 saturated carbocycles. The zero-order chi connectivity index (χ0) is 11.8. The van der Waals surface area contributed by atoms with E-state index < -0.39 is 0 Å². The third-order valence-electron chi connectivity index (χ3n) is 4.17. The first kappa shape index (κ1) is 11.8. The van der Waals surface area contributed by atoms with Crippen LogP contribution < -0.4 is 5.73 Å². The molecule has 2 N–H and O–H groups in total. The molecule has 0 unspecified atom stereocenters. The van der Waals surface area contributed by atoms with Gasteiger partial charge in [-0.2, -0.15) is 0 Å². The Morgan fingerprint density at radius 1 is 1.47 bits per heavy atom. The van der Waals surface area contributed by atoms with Gasteiger partial charge in [0, 0.05) is 42.4 Å². The predicted octanol–water partition coefficient (Wildman–Crippen LogP) is 1.66. The van der Waals surface area contributed by atoms with Gasteiger partial charge in [0.25, 0.3) is 0 Å². The second-order valence-electron chi connectivity index (χ2n) is 5.16. The van der Waals surface area contributed by atoms with Crippen molar-refractivity contribution in [3.63, 3.8) is 0 Å². The molecule has 0 spiro atoms. The summed E-state index contributed by atoms with van der Waals surface area (Å²) < 4.78 is 1.28. The second kappa shape index (κ2) is 4.75. The molecule has 1 aliphatic carbocycles. The Hall–Kier alpha value is -0.320. The fraction of sp³-hybridized carbons (Fsp3) is 0.692. The number of hydrogen-bond acceptors (Lipinski definition) is 3. The topological polar surface area (TPSA) is 32.5 Å². The third kappa shape index (κ3) is 1.96. The van der Waals surface area contributed by atoms with Crippen LogP contribution in [-0.2, 0) is 0 Å². The van der Waals surface area contributed by atoms with Crippen molar-refractivity contribution in [3.8, 4) is 0 Å². The van der Waals surface area contributed by atoms with Gasteiger partial charge in [-0.05, 0) is 35.2 Å². The maximum Gasteiger partial charge on any atom is 0.0544 e. The molecule has 3 nitrogen and oxygen atoms in total. The highest BCUT2D eigenvalue weighted by atomic mass is 79.9. The summed E-state index contributed by atoms with van der Waals surface area (Å²) in [6, 6.07) is 1.26. The van der Waals surface area contributed by atoms with Gasteiger partial charge in [0.1, 0.15) is 0 Å². The van der Waals surface area contributed by atoms with Crippen molar-refractivity contribution >= 4 is 15.9 Å². The van der Waals surface area contributed by atoms with Crippen molar-refractivity contribution in [2.45, 2.75) is 31.3 Å². The fourth-order valence-electron chi connectivity index (χ4n) is 3.46. The summed E-state index contributed by atoms with van der Waals surface area (Å²) >= 11 is 3.74. The Balaban J connectivity index is 1.93. The number of hydrogen-bond donors (Lipinski definition) is 1. The zero-order valence-corrected chi connectivity index (χ0v) is 11.7. The van der Waals surface area contributed by atoms with Crippen molar-refractivity contribution in [1.82, 2.24) is 9.80 Å². The highest BCUT2D eigenvalue weighted by molar-refractivity contribution is 9.11. The van der Waals surface area contributed by atoms with Crippen LogP contribution in [0.5, 0.6) is 0 Å². The molecule has 2 aliphatic heterocycles. The van der Waals surface area contributed by atoms with E-state index in [1.54, 1.807) is 0 Å². The Morgan fingerprint density at radius 3 is 3.18 bits per heavy atom. The Morgan fingerprint density at radius 2 is 2.35 bits per heavy atom. The molecule has 3 rings (SSSR count). The van der Waals surface area contributed by atoms with E-state index in [1.165, 1.54) is 36.1 Å². The molecule has 0 radical (unpaired) electrons. The third-order valence-corrected chi connectivity index (χ3v) is 4.84. The maximum atomic E-state index is 5.75. The van der Waals surface area contributed by atoms with Crippen LogP contribution >= 0.6 is 15.9 Å². The molecular weight excluding hydrogens is 278 g/mol. The molecule has 17 heavy (non-hydrogen) atoms. The number of piperazine rings is 1. The van der Waals surface area contributed by atoms with Gasteiger partial charge in [-0.15, -0.1) is 0 Å². The molecule has 2 fully saturated rings. The number of halogens is 1. The number of allylic oxidation sites excluding steroid dienone is 2. The standard InChI is InChI=1S/C13H20BrN3/c14-11-4-1-5-12-13(11)17-7-2-3-10(17)9-16(12)8-6-15/h1,4,10,12H,2-3,5-9,15H2/t10-,12+/m0/s1. The van der Waals surface area contributed by atoms with Gasteiger partial charge in [-0.3, -0.25) is 4.90 Å². The maximum absolute atomic E-state index is 5.75. The Kier molecular flexibility index (Phi) is 3.28. The smallest absolute Gasteiger partial charge is 0.0544 e. The SMILES string of the molecule is NCCN1C[C@@H]2CCCN2C2=C(Br)C=CC[C@H]21. The minimum Gasteiger partial charge on any atom is -0.368 e. The van der Waals surface area contributed by atoms with E-state index in [2.05, 4.69) is 37.9 Å². The predicted molar refractivity (Wildman–Crippen MR) is 73.9 cm³/mol. The van der Waals surface area contributed by atoms with Crippen LogP contribution in [-0.4, -0.2) is 48.1 Å². The van der Waals surface area contributed by atoms with Gasteiger partial charge in [0.15, 0.2) is 0 Å². The lowest BCUT2D eigenvalue weighted by Gasteiger charge is -2.47. The summed E-state index contributed by atoms with van der Waals surface area (Å²) in [5, 5.41) is 0. The molecular formula is C13H20BrN3. The molecule has 0 aromatic heterocycles. The van der Waals surface area contributed by atoms with E-state index in [0.29, 0.717) is 12.1 Å². The molecule has 0 aromatic rings. The van der Waals surface area contributed by atoms with Crippen LogP contribution in [0.4, 0.5) is 0 Å². The van der Waals surface area contributed by atoms with Crippen molar-refractivity contribution in [3.05, 3.63) is 22.3 Å². The summed E-state index contributed by atoms with van der Waals surface area (Å²) in [5.41, 5.74) is 7.26. The first-order chi connectivity index (χ1) is 8.31. The minimum atomic E-state index is 0.548. The van der Waals surface area contributed by atoms with E-state index in [-0.39, 0.29) is 0 Å². The molecule has 4 heteroatoms. The lowest BCUT2D eigenvalue weighted by molar-refractivity contribution is 0.0960. The highest BCUT2D eigenvalue weighted by Crippen LogP contribution is 2.38. The average Bonchev–Trinajstić information content (AvgIpc) is 2.77. The van der Waals surface area contributed by atoms with E-state index in [4.69, 9.17) is 5.73 Å². The number of nitrogens with two attached hydrogens (primary N) is 1. The molecule has 0 aromatic carbocycles. The van der Waals surface area contributed by atoms with E-state index in [9.17, 15) is 0 Å². The summed E-state index contributed by atoms with van der Waals surface area (Å²) in [5.74, 6) is 0. The van der Waals surface area contributed by atoms with Gasteiger partial charge in [-0.1, -0.05) is 12.2 Å². The summed E-state index contributed by atoms with van der Waals surface area (Å²) in [4.78, 5) is 5.21. The van der Waals surface area contributed by atoms with Gasteiger partial charge >= 0.3 is 0 Å². The molecule has 2 heterocycles. The van der Waals surface area contributed by atoms with Crippen molar-refractivity contribution < 1.29 is 0 Å². The largest absolute Gasteiger partial charge is 0.368 e. The van der Waals surface area contributed by atoms with Gasteiger partial charge in [0.05, 0.1) is 6.04 Å². The molecule has 0 amide bonds. The first-order valence-electron chi connectivity index (χ1n) is 6.58. The molecule has 2 saturated heterocycles. The summed E-state index contributed by atoms with van der Waals surface area (Å²) in [7, 11) is 0. The number of rotatable bonds is 2. The van der Waals surface area contributed by atoms with Crippen LogP contribution in [0.3, 0.4) is 0 Å². The van der Waals surface area contributed by atoms with Crippen molar-refractivity contribution in [2.24, 2.45) is 5.73 Å². The zero-order valence-electron chi connectivity index (χ0n) is 10.1. The van der Waals surface area contributed by atoms with Crippen molar-refractivity contribution in [2.75, 3.05) is 26.2 Å². The summed E-state index contributed by atoms with van der Waals surface area (Å²) in [6.07, 6.45) is 8.29. The second-order valence-corrected chi connectivity index (χ2v) is 6.01. The fourth-order valence-corrected chi connectivity index (χ4v) is 4.14. The number of fused-ring (bicyclic) bond motifs is 3. The molecule has 0 bridgehead atoms. The van der Waals surface area contributed by atoms with Crippen LogP contribution in [0.2, 0.25) is 0 Å². The lowest BCUT2D eigenvalue weighted by atomic mass is 9.96. The molecule has 94 valence electrons. The van der Waals surface area contributed by atoms with E-state index >= 15 is 0 Å². The number of nitrogens with zero attached hydrogens (tertiary/aromatic N) is 2. The molecule has 3 aliphatic rings. The van der Waals surface area contributed by atoms with Crippen LogP contribution in [0, 0.1) is 0 Å². The average molecular weight is 298 g/mol. The van der Waals surface area contributed by atoms with Gasteiger partial charge in [-0.25, -0.2) is 0 Å². The summed E-state index contributed by atoms with van der Waals surface area (Å²) in [6.45, 7) is 4.21. The van der Waals surface area contributed by atoms with Crippen LogP contribution in [0.1, 0.15) is 19.3 Å². The lowest BCUT2D eigenvalue weighted by Crippen LogP contribution is -2.56.